The molecule has 0 fully saturated rings. The van der Waals surface area contributed by atoms with Gasteiger partial charge in [-0.05, 0) is 18.6 Å². The minimum atomic E-state index is -0.278. The summed E-state index contributed by atoms with van der Waals surface area (Å²) in [5.74, 6) is -0.556. The van der Waals surface area contributed by atoms with Gasteiger partial charge in [0.1, 0.15) is 11.0 Å². The van der Waals surface area contributed by atoms with E-state index in [1.807, 2.05) is 0 Å². The zero-order chi connectivity index (χ0) is 19.9. The highest BCUT2D eigenvalue weighted by Gasteiger charge is 2.47. The van der Waals surface area contributed by atoms with Crippen LogP contribution in [-0.4, -0.2) is 9.46 Å². The second-order valence-electron chi connectivity index (χ2n) is 7.86. The topological polar surface area (TPSA) is 102 Å². The first-order chi connectivity index (χ1) is 14.1. The fraction of sp³-hybridized carbons (Fsp3) is 0.238. The quantitative estimate of drug-likeness (QED) is 0.432. The Kier molecular flexibility index (Phi) is 3.05. The first kappa shape index (κ1) is 16.3. The molecule has 29 heavy (non-hydrogen) atoms. The minimum Gasteiger partial charge on any atom is -0.805 e. The van der Waals surface area contributed by atoms with E-state index in [4.69, 9.17) is 0 Å². The van der Waals surface area contributed by atoms with Crippen molar-refractivity contribution in [3.8, 4) is 0 Å². The predicted molar refractivity (Wildman–Crippen MR) is 106 cm³/mol. The summed E-state index contributed by atoms with van der Waals surface area (Å²) < 4.78 is 3.33. The van der Waals surface area contributed by atoms with Crippen molar-refractivity contribution >= 4 is 22.1 Å². The molecular weight excluding hydrogens is 372 g/mol. The molecule has 6 rings (SSSR count). The highest BCUT2D eigenvalue weighted by Crippen LogP contribution is 2.45. The average Bonchev–Trinajstić information content (AvgIpc) is 2.75. The van der Waals surface area contributed by atoms with Crippen LogP contribution in [0.4, 0.5) is 0 Å². The monoisotopic (exact) mass is 388 g/mol. The van der Waals surface area contributed by atoms with Crippen LogP contribution in [0.25, 0.3) is 22.1 Å². The third-order valence-electron chi connectivity index (χ3n) is 6.38. The van der Waals surface area contributed by atoms with E-state index in [9.17, 15) is 20.2 Å². The van der Waals surface area contributed by atoms with Crippen LogP contribution < -0.4 is 8.85 Å². The van der Waals surface area contributed by atoms with E-state index in [0.29, 0.717) is 51.3 Å². The molecule has 8 nitrogen and oxygen atoms in total. The van der Waals surface area contributed by atoms with Crippen molar-refractivity contribution < 1.29 is 8.85 Å². The molecule has 2 aliphatic rings. The van der Waals surface area contributed by atoms with Crippen LogP contribution in [0.15, 0.2) is 48.5 Å². The fourth-order valence-electron chi connectivity index (χ4n) is 5.18. The average molecular weight is 388 g/mol. The van der Waals surface area contributed by atoms with Gasteiger partial charge in [0.2, 0.25) is 0 Å². The van der Waals surface area contributed by atoms with Gasteiger partial charge in [0.05, 0.1) is 32.1 Å². The molecule has 2 atom stereocenters. The third kappa shape index (κ3) is 1.98. The Bertz CT molecular complexity index is 1360. The van der Waals surface area contributed by atoms with Crippen molar-refractivity contribution in [2.45, 2.75) is 31.1 Å². The van der Waals surface area contributed by atoms with Crippen molar-refractivity contribution in [2.24, 2.45) is 0 Å². The highest BCUT2D eigenvalue weighted by atomic mass is 16.5. The largest absolute Gasteiger partial charge is 0.805 e. The molecular formula is C21H16N4O4. The number of benzene rings is 2. The van der Waals surface area contributed by atoms with Gasteiger partial charge in [-0.1, -0.05) is 24.3 Å². The lowest BCUT2D eigenvalue weighted by Gasteiger charge is -2.35. The molecule has 0 amide bonds. The summed E-state index contributed by atoms with van der Waals surface area (Å²) in [6.07, 6.45) is 1.09. The zero-order valence-electron chi connectivity index (χ0n) is 15.3. The maximum atomic E-state index is 13.1. The summed E-state index contributed by atoms with van der Waals surface area (Å²) in [5, 5.41) is 26.1. The van der Waals surface area contributed by atoms with E-state index in [2.05, 4.69) is 0 Å². The Hall–Kier alpha value is -3.68. The van der Waals surface area contributed by atoms with E-state index in [-0.39, 0.29) is 24.7 Å². The molecule has 144 valence electrons. The predicted octanol–water partition coefficient (Wildman–Crippen LogP) is 2.49. The maximum absolute atomic E-state index is 13.1. The summed E-state index contributed by atoms with van der Waals surface area (Å²) in [4.78, 5) is 26.2. The standard InChI is InChI=1S/C21H16N4O4/c26-22-14-5-1-3-7-16(14)24(28)20-13-9-12(10-18(20)22)21-19(11-13)23(27)15-6-2-4-8-17(15)25(21)29/h1-8,12-13H,9-11H2/t12-,13-/m1/s1. The third-order valence-corrected chi connectivity index (χ3v) is 6.38. The van der Waals surface area contributed by atoms with Crippen molar-refractivity contribution in [2.75, 3.05) is 0 Å². The van der Waals surface area contributed by atoms with Crippen molar-refractivity contribution in [3.05, 3.63) is 91.5 Å². The summed E-state index contributed by atoms with van der Waals surface area (Å²) in [7, 11) is 0. The molecule has 2 heterocycles. The molecule has 2 aromatic heterocycles. The van der Waals surface area contributed by atoms with Crippen molar-refractivity contribution in [3.63, 3.8) is 0 Å². The molecule has 2 aromatic carbocycles. The molecule has 0 radical (unpaired) electrons. The number of fused-ring (bicyclic) bond motifs is 8. The summed E-state index contributed by atoms with van der Waals surface area (Å²) in [6, 6.07) is 13.4. The van der Waals surface area contributed by atoms with Gasteiger partial charge < -0.3 is 19.9 Å². The number of hydrogen-bond donors (Lipinski definition) is 0. The molecule has 0 spiro atoms. The first-order valence-corrected chi connectivity index (χ1v) is 9.59. The summed E-state index contributed by atoms with van der Waals surface area (Å²) in [6.45, 7) is 0. The van der Waals surface area contributed by atoms with E-state index in [0.717, 1.165) is 18.3 Å². The Morgan fingerprint density at radius 2 is 1.14 bits per heavy atom. The van der Waals surface area contributed by atoms with Gasteiger partial charge in [-0.25, -0.2) is 0 Å². The van der Waals surface area contributed by atoms with Gasteiger partial charge in [-0.2, -0.15) is 0 Å². The van der Waals surface area contributed by atoms with Crippen LogP contribution in [0.2, 0.25) is 0 Å². The molecule has 0 unspecified atom stereocenters. The molecule has 0 saturated carbocycles. The highest BCUT2D eigenvalue weighted by molar-refractivity contribution is 5.73. The molecule has 0 aliphatic heterocycles. The number of para-hydroxylation sites is 4. The van der Waals surface area contributed by atoms with Gasteiger partial charge in [-0.15, -0.1) is 0 Å². The lowest BCUT2D eigenvalue weighted by atomic mass is 9.72. The van der Waals surface area contributed by atoms with E-state index in [1.165, 1.54) is 0 Å². The smallest absolute Gasteiger partial charge is 0.286 e. The number of nitrogens with zero attached hydrogens (tertiary/aromatic N) is 4. The normalized spacial score (nSPS) is 19.9. The molecule has 0 N–H and O–H groups in total. The maximum Gasteiger partial charge on any atom is 0.286 e. The van der Waals surface area contributed by atoms with E-state index < -0.39 is 0 Å². The summed E-state index contributed by atoms with van der Waals surface area (Å²) >= 11 is 0. The van der Waals surface area contributed by atoms with Crippen molar-refractivity contribution in [1.82, 2.24) is 9.46 Å². The fourth-order valence-corrected chi connectivity index (χ4v) is 5.18. The van der Waals surface area contributed by atoms with Crippen LogP contribution in [-0.2, 0) is 12.8 Å². The van der Waals surface area contributed by atoms with Crippen LogP contribution in [0, 0.1) is 20.2 Å². The second-order valence-corrected chi connectivity index (χ2v) is 7.86. The van der Waals surface area contributed by atoms with Gasteiger partial charge in [0.25, 0.3) is 22.4 Å². The van der Waals surface area contributed by atoms with Crippen molar-refractivity contribution in [1.29, 1.82) is 0 Å². The van der Waals surface area contributed by atoms with Crippen LogP contribution in [0.1, 0.15) is 41.0 Å². The number of aromatic nitrogens is 4. The lowest BCUT2D eigenvalue weighted by Crippen LogP contribution is -2.42. The van der Waals surface area contributed by atoms with E-state index in [1.54, 1.807) is 48.5 Å². The molecule has 2 bridgehead atoms. The Morgan fingerprint density at radius 3 is 1.59 bits per heavy atom. The zero-order valence-corrected chi connectivity index (χ0v) is 15.3. The van der Waals surface area contributed by atoms with Gasteiger partial charge >= 0.3 is 0 Å². The van der Waals surface area contributed by atoms with E-state index >= 15 is 0 Å². The lowest BCUT2D eigenvalue weighted by molar-refractivity contribution is -0.486. The molecule has 0 saturated heterocycles. The Labute approximate surface area is 163 Å². The summed E-state index contributed by atoms with van der Waals surface area (Å²) in [5.41, 5.74) is 2.91. The Balaban J connectivity index is 1.66. The SMILES string of the molecule is O=[n+]1c2c(n([O-])c3ccccc31)C[C@H]1C[C@@H]2Cc2c1[n+](=O)c1ccccc1n2[O-]. The second kappa shape index (κ2) is 5.44. The Morgan fingerprint density at radius 1 is 0.724 bits per heavy atom. The molecule has 4 aromatic rings. The van der Waals surface area contributed by atoms with Gasteiger partial charge in [0.15, 0.2) is 0 Å². The van der Waals surface area contributed by atoms with Gasteiger partial charge in [-0.3, -0.25) is 0 Å². The van der Waals surface area contributed by atoms with Crippen LogP contribution in [0.5, 0.6) is 0 Å². The molecule has 8 heteroatoms. The molecule has 2 aliphatic carbocycles. The van der Waals surface area contributed by atoms with Crippen LogP contribution >= 0.6 is 0 Å². The number of rotatable bonds is 0. The first-order valence-electron chi connectivity index (χ1n) is 9.59. The van der Waals surface area contributed by atoms with Crippen LogP contribution in [0.3, 0.4) is 0 Å². The van der Waals surface area contributed by atoms with Gasteiger partial charge in [0, 0.05) is 34.8 Å². The minimum absolute atomic E-state index is 0.260. The number of hydrogen-bond acceptors (Lipinski definition) is 4.